The van der Waals surface area contributed by atoms with Crippen LogP contribution in [0.4, 0.5) is 17.6 Å². The second kappa shape index (κ2) is 7.81. The van der Waals surface area contributed by atoms with E-state index < -0.39 is 0 Å². The first kappa shape index (κ1) is 18.2. The molecule has 28 heavy (non-hydrogen) atoms. The Labute approximate surface area is 166 Å². The molecule has 4 rings (SSSR count). The smallest absolute Gasteiger partial charge is 0.266 e. The molecule has 10 heteroatoms. The summed E-state index contributed by atoms with van der Waals surface area (Å²) < 4.78 is 5.39. The van der Waals surface area contributed by atoms with Crippen LogP contribution in [0.5, 0.6) is 0 Å². The molecule has 0 amide bonds. The molecule has 9 nitrogen and oxygen atoms in total. The monoisotopic (exact) mass is 398 g/mol. The summed E-state index contributed by atoms with van der Waals surface area (Å²) in [5.41, 5.74) is 7.35. The van der Waals surface area contributed by atoms with Gasteiger partial charge in [-0.2, -0.15) is 4.98 Å². The Morgan fingerprint density at radius 1 is 1.32 bits per heavy atom. The lowest BCUT2D eigenvalue weighted by atomic mass is 10.1. The molecule has 1 aliphatic heterocycles. The van der Waals surface area contributed by atoms with Crippen molar-refractivity contribution < 1.29 is 4.52 Å². The van der Waals surface area contributed by atoms with E-state index in [0.717, 1.165) is 24.7 Å². The second-order valence-corrected chi connectivity index (χ2v) is 6.97. The first-order valence-corrected chi connectivity index (χ1v) is 9.19. The fraction of sp³-hybridized carbons (Fsp3) is 0.278. The Bertz CT molecular complexity index is 974. The van der Waals surface area contributed by atoms with Gasteiger partial charge in [-0.15, -0.1) is 0 Å². The van der Waals surface area contributed by atoms with Crippen LogP contribution >= 0.6 is 11.6 Å². The van der Waals surface area contributed by atoms with E-state index in [1.165, 1.54) is 6.33 Å². The average Bonchev–Trinajstić information content (AvgIpc) is 3.33. The van der Waals surface area contributed by atoms with Gasteiger partial charge in [-0.25, -0.2) is 9.97 Å². The van der Waals surface area contributed by atoms with Gasteiger partial charge in [0.05, 0.1) is 12.0 Å². The summed E-state index contributed by atoms with van der Waals surface area (Å²) in [4.78, 5) is 14.7. The summed E-state index contributed by atoms with van der Waals surface area (Å²) in [6.07, 6.45) is 3.98. The summed E-state index contributed by atoms with van der Waals surface area (Å²) in [5, 5.41) is 15.6. The molecule has 1 saturated heterocycles. The van der Waals surface area contributed by atoms with E-state index in [9.17, 15) is 0 Å². The predicted molar refractivity (Wildman–Crippen MR) is 107 cm³/mol. The number of rotatable bonds is 6. The zero-order valence-electron chi connectivity index (χ0n) is 15.0. The zero-order chi connectivity index (χ0) is 19.5. The fourth-order valence-corrected chi connectivity index (χ4v) is 3.27. The molecule has 0 bridgehead atoms. The third-order valence-corrected chi connectivity index (χ3v) is 4.85. The van der Waals surface area contributed by atoms with E-state index in [1.807, 2.05) is 24.3 Å². The molecular formula is C18H19ClN8O. The number of nitrogen functional groups attached to an aromatic ring is 1. The van der Waals surface area contributed by atoms with Gasteiger partial charge in [-0.3, -0.25) is 0 Å². The van der Waals surface area contributed by atoms with Crippen LogP contribution < -0.4 is 16.0 Å². The van der Waals surface area contributed by atoms with Crippen molar-refractivity contribution >= 4 is 35.4 Å². The summed E-state index contributed by atoms with van der Waals surface area (Å²) in [5.74, 6) is 1.98. The molecule has 1 aliphatic rings. The number of hydrogen-bond donors (Lipinski definition) is 3. The number of aromatic nitrogens is 4. The Hall–Kier alpha value is -3.20. The van der Waals surface area contributed by atoms with E-state index in [1.54, 1.807) is 0 Å². The molecule has 144 valence electrons. The highest BCUT2D eigenvalue weighted by Gasteiger charge is 2.27. The molecule has 0 saturated carbocycles. The van der Waals surface area contributed by atoms with E-state index >= 15 is 0 Å². The minimum atomic E-state index is 0.131. The van der Waals surface area contributed by atoms with Gasteiger partial charge in [0.25, 0.3) is 5.95 Å². The Kier molecular flexibility index (Phi) is 5.07. The molecule has 1 atom stereocenters. The topological polar surface area (TPSA) is 130 Å². The SMILES string of the molecule is N=Cc1c(N)ncnc1N[C@H]1CCN(c2noc(Cc3ccc(Cl)cc3)n2)C1. The highest BCUT2D eigenvalue weighted by atomic mass is 35.5. The van der Waals surface area contributed by atoms with Gasteiger partial charge >= 0.3 is 0 Å². The highest BCUT2D eigenvalue weighted by Crippen LogP contribution is 2.22. The number of hydrogen-bond acceptors (Lipinski definition) is 9. The van der Waals surface area contributed by atoms with Gasteiger partial charge in [0.1, 0.15) is 18.0 Å². The molecule has 1 fully saturated rings. The first-order valence-electron chi connectivity index (χ1n) is 8.82. The third kappa shape index (κ3) is 3.89. The van der Waals surface area contributed by atoms with Crippen LogP contribution in [0.15, 0.2) is 35.1 Å². The number of nitrogens with one attached hydrogen (secondary N) is 2. The quantitative estimate of drug-likeness (QED) is 0.539. The minimum Gasteiger partial charge on any atom is -0.383 e. The molecule has 0 radical (unpaired) electrons. The van der Waals surface area contributed by atoms with Crippen molar-refractivity contribution in [1.82, 2.24) is 20.1 Å². The van der Waals surface area contributed by atoms with E-state index in [4.69, 9.17) is 27.3 Å². The lowest BCUT2D eigenvalue weighted by Crippen LogP contribution is -2.27. The van der Waals surface area contributed by atoms with Crippen molar-refractivity contribution in [2.75, 3.05) is 29.0 Å². The second-order valence-electron chi connectivity index (χ2n) is 6.53. The lowest BCUT2D eigenvalue weighted by molar-refractivity contribution is 0.384. The normalized spacial score (nSPS) is 16.3. The molecule has 3 heterocycles. The minimum absolute atomic E-state index is 0.131. The van der Waals surface area contributed by atoms with Crippen LogP contribution in [-0.2, 0) is 6.42 Å². The van der Waals surface area contributed by atoms with E-state index in [2.05, 4.69) is 30.3 Å². The van der Waals surface area contributed by atoms with Crippen molar-refractivity contribution in [3.8, 4) is 0 Å². The maximum absolute atomic E-state index is 7.51. The Morgan fingerprint density at radius 3 is 2.93 bits per heavy atom. The number of benzene rings is 1. The number of anilines is 3. The lowest BCUT2D eigenvalue weighted by Gasteiger charge is -2.16. The summed E-state index contributed by atoms with van der Waals surface area (Å²) >= 11 is 5.91. The molecular weight excluding hydrogens is 380 g/mol. The molecule has 0 aliphatic carbocycles. The first-order chi connectivity index (χ1) is 13.6. The van der Waals surface area contributed by atoms with Crippen LogP contribution in [0.1, 0.15) is 23.4 Å². The Morgan fingerprint density at radius 2 is 2.14 bits per heavy atom. The maximum Gasteiger partial charge on any atom is 0.266 e. The van der Waals surface area contributed by atoms with Gasteiger partial charge in [0, 0.05) is 30.4 Å². The molecule has 4 N–H and O–H groups in total. The van der Waals surface area contributed by atoms with Crippen LogP contribution in [0.25, 0.3) is 0 Å². The van der Waals surface area contributed by atoms with Crippen molar-refractivity contribution in [2.24, 2.45) is 0 Å². The number of nitrogens with two attached hydrogens (primary N) is 1. The number of nitrogens with zero attached hydrogens (tertiary/aromatic N) is 5. The molecule has 0 unspecified atom stereocenters. The van der Waals surface area contributed by atoms with Crippen LogP contribution in [0, 0.1) is 5.41 Å². The van der Waals surface area contributed by atoms with Crippen molar-refractivity contribution in [2.45, 2.75) is 18.9 Å². The van der Waals surface area contributed by atoms with Gasteiger partial charge < -0.3 is 25.9 Å². The van der Waals surface area contributed by atoms with E-state index in [-0.39, 0.29) is 11.9 Å². The van der Waals surface area contributed by atoms with Crippen molar-refractivity contribution in [3.05, 3.63) is 52.6 Å². The van der Waals surface area contributed by atoms with Crippen LogP contribution in [-0.4, -0.2) is 45.5 Å². The fourth-order valence-electron chi connectivity index (χ4n) is 3.14. The maximum atomic E-state index is 7.51. The largest absolute Gasteiger partial charge is 0.383 e. The molecule has 0 spiro atoms. The van der Waals surface area contributed by atoms with Gasteiger partial charge in [0.2, 0.25) is 5.89 Å². The van der Waals surface area contributed by atoms with Crippen molar-refractivity contribution in [3.63, 3.8) is 0 Å². The summed E-state index contributed by atoms with van der Waals surface area (Å²) in [6, 6.07) is 7.69. The summed E-state index contributed by atoms with van der Waals surface area (Å²) in [6.45, 7) is 1.49. The zero-order valence-corrected chi connectivity index (χ0v) is 15.7. The summed E-state index contributed by atoms with van der Waals surface area (Å²) in [7, 11) is 0. The van der Waals surface area contributed by atoms with Gasteiger partial charge in [-0.05, 0) is 29.3 Å². The molecule has 2 aromatic heterocycles. The van der Waals surface area contributed by atoms with Crippen LogP contribution in [0.2, 0.25) is 5.02 Å². The van der Waals surface area contributed by atoms with Gasteiger partial charge in [0.15, 0.2) is 0 Å². The predicted octanol–water partition coefficient (Wildman–Crippen LogP) is 2.37. The van der Waals surface area contributed by atoms with Gasteiger partial charge in [-0.1, -0.05) is 23.7 Å². The number of halogens is 1. The third-order valence-electron chi connectivity index (χ3n) is 4.60. The Balaban J connectivity index is 1.39. The molecule has 1 aromatic carbocycles. The van der Waals surface area contributed by atoms with Crippen molar-refractivity contribution in [1.29, 1.82) is 5.41 Å². The highest BCUT2D eigenvalue weighted by molar-refractivity contribution is 6.30. The van der Waals surface area contributed by atoms with E-state index in [0.29, 0.717) is 41.2 Å². The molecule has 3 aromatic rings. The average molecular weight is 399 g/mol. The standard InChI is InChI=1S/C18H19ClN8O/c19-12-3-1-11(2-4-12)7-15-25-18(26-28-15)27-6-5-13(9-27)24-17-14(8-20)16(21)22-10-23-17/h1-4,8,10,13,20H,5-7,9H2,(H3,21,22,23,24)/t13-/m0/s1. The van der Waals surface area contributed by atoms with Crippen LogP contribution in [0.3, 0.4) is 0 Å².